The van der Waals surface area contributed by atoms with Gasteiger partial charge in [-0.25, -0.2) is 9.18 Å². The first-order valence-corrected chi connectivity index (χ1v) is 9.34. The van der Waals surface area contributed by atoms with Crippen molar-refractivity contribution in [1.82, 2.24) is 10.6 Å². The quantitative estimate of drug-likeness (QED) is 0.866. The molecular formula is C20H26FN3O2. The van der Waals surface area contributed by atoms with Crippen LogP contribution in [0, 0.1) is 29.0 Å². The van der Waals surface area contributed by atoms with Gasteiger partial charge in [-0.1, -0.05) is 18.6 Å². The van der Waals surface area contributed by atoms with E-state index in [2.05, 4.69) is 16.7 Å². The Morgan fingerprint density at radius 1 is 1.35 bits per heavy atom. The number of nitriles is 1. The molecule has 3 rings (SSSR count). The summed E-state index contributed by atoms with van der Waals surface area (Å²) < 4.78 is 18.8. The molecule has 1 aliphatic carbocycles. The Kier molecular flexibility index (Phi) is 5.77. The summed E-state index contributed by atoms with van der Waals surface area (Å²) in [6, 6.07) is 8.91. The summed E-state index contributed by atoms with van der Waals surface area (Å²) in [5.74, 6) is -0.261. The zero-order valence-electron chi connectivity index (χ0n) is 15.1. The van der Waals surface area contributed by atoms with Crippen LogP contribution in [-0.4, -0.2) is 32.3 Å². The van der Waals surface area contributed by atoms with Crippen LogP contribution in [-0.2, 0) is 10.2 Å². The molecule has 6 heteroatoms. The fourth-order valence-corrected chi connectivity index (χ4v) is 4.90. The first kappa shape index (κ1) is 18.7. The van der Waals surface area contributed by atoms with E-state index in [1.807, 2.05) is 6.07 Å². The van der Waals surface area contributed by atoms with Crippen LogP contribution >= 0.6 is 0 Å². The van der Waals surface area contributed by atoms with E-state index in [0.29, 0.717) is 0 Å². The van der Waals surface area contributed by atoms with E-state index in [4.69, 9.17) is 4.74 Å². The summed E-state index contributed by atoms with van der Waals surface area (Å²) in [4.78, 5) is 11.8. The fraction of sp³-hybridized carbons (Fsp3) is 0.600. The SMILES string of the molecule is COC(=O)N[C@H]1CCC[C@@H]1[C@](C#N)(c1cccc(F)c1)C1CCNCC1. The molecule has 0 radical (unpaired) electrons. The van der Waals surface area contributed by atoms with Crippen molar-refractivity contribution in [2.45, 2.75) is 43.6 Å². The first-order valence-electron chi connectivity index (χ1n) is 9.34. The fourth-order valence-electron chi connectivity index (χ4n) is 4.90. The summed E-state index contributed by atoms with van der Waals surface area (Å²) in [5, 5.41) is 16.7. The summed E-state index contributed by atoms with van der Waals surface area (Å²) in [7, 11) is 1.34. The number of hydrogen-bond donors (Lipinski definition) is 2. The molecule has 0 bridgehead atoms. The number of rotatable bonds is 4. The molecule has 1 heterocycles. The van der Waals surface area contributed by atoms with Gasteiger partial charge in [0.2, 0.25) is 0 Å². The molecule has 5 nitrogen and oxygen atoms in total. The zero-order valence-corrected chi connectivity index (χ0v) is 15.1. The number of alkyl carbamates (subject to hydrolysis) is 1. The van der Waals surface area contributed by atoms with Gasteiger partial charge in [0, 0.05) is 12.0 Å². The molecular weight excluding hydrogens is 333 g/mol. The van der Waals surface area contributed by atoms with E-state index in [0.717, 1.165) is 50.8 Å². The molecule has 2 N–H and O–H groups in total. The van der Waals surface area contributed by atoms with Gasteiger partial charge < -0.3 is 15.4 Å². The number of halogens is 1. The van der Waals surface area contributed by atoms with Crippen LogP contribution in [0.4, 0.5) is 9.18 Å². The van der Waals surface area contributed by atoms with Crippen molar-refractivity contribution >= 4 is 6.09 Å². The number of carbonyl (C=O) groups excluding carboxylic acids is 1. The highest BCUT2D eigenvalue weighted by Crippen LogP contribution is 2.49. The Labute approximate surface area is 153 Å². The van der Waals surface area contributed by atoms with Gasteiger partial charge >= 0.3 is 6.09 Å². The average molecular weight is 359 g/mol. The molecule has 26 heavy (non-hydrogen) atoms. The van der Waals surface area contributed by atoms with Gasteiger partial charge in [-0.05, 0) is 62.4 Å². The monoisotopic (exact) mass is 359 g/mol. The second-order valence-corrected chi connectivity index (χ2v) is 7.30. The molecule has 2 fully saturated rings. The zero-order chi connectivity index (χ0) is 18.6. The molecule has 1 saturated carbocycles. The van der Waals surface area contributed by atoms with Crippen LogP contribution in [0.5, 0.6) is 0 Å². The molecule has 140 valence electrons. The molecule has 1 saturated heterocycles. The van der Waals surface area contributed by atoms with Crippen molar-refractivity contribution in [1.29, 1.82) is 5.26 Å². The number of hydrogen-bond acceptors (Lipinski definition) is 4. The number of nitrogens with zero attached hydrogens (tertiary/aromatic N) is 1. The van der Waals surface area contributed by atoms with Crippen LogP contribution in [0.1, 0.15) is 37.7 Å². The summed E-state index contributed by atoms with van der Waals surface area (Å²) >= 11 is 0. The van der Waals surface area contributed by atoms with E-state index < -0.39 is 11.5 Å². The lowest BCUT2D eigenvalue weighted by Crippen LogP contribution is -2.52. The standard InChI is InChI=1S/C20H26FN3O2/c1-26-19(25)24-18-7-3-6-17(18)20(13-22,14-8-10-23-11-9-14)15-4-2-5-16(21)12-15/h2,4-5,12,14,17-18,23H,3,6-11H2,1H3,(H,24,25)/t17-,18-,20-/m0/s1. The highest BCUT2D eigenvalue weighted by molar-refractivity contribution is 5.67. The minimum Gasteiger partial charge on any atom is -0.453 e. The number of piperidine rings is 1. The van der Waals surface area contributed by atoms with Gasteiger partial charge in [-0.3, -0.25) is 0 Å². The smallest absolute Gasteiger partial charge is 0.407 e. The van der Waals surface area contributed by atoms with Gasteiger partial charge in [0.05, 0.1) is 18.6 Å². The lowest BCUT2D eigenvalue weighted by atomic mass is 9.59. The third-order valence-corrected chi connectivity index (χ3v) is 6.06. The predicted octanol–water partition coefficient (Wildman–Crippen LogP) is 3.11. The molecule has 1 aromatic carbocycles. The second-order valence-electron chi connectivity index (χ2n) is 7.30. The average Bonchev–Trinajstić information content (AvgIpc) is 3.12. The van der Waals surface area contributed by atoms with Gasteiger partial charge in [0.1, 0.15) is 5.82 Å². The minimum atomic E-state index is -0.813. The highest BCUT2D eigenvalue weighted by atomic mass is 19.1. The number of amides is 1. The van der Waals surface area contributed by atoms with Gasteiger partial charge in [-0.2, -0.15) is 5.26 Å². The van der Waals surface area contributed by atoms with Crippen LogP contribution in [0.3, 0.4) is 0 Å². The minimum absolute atomic E-state index is 0.0588. The van der Waals surface area contributed by atoms with E-state index in [9.17, 15) is 14.4 Å². The Bertz CT molecular complexity index is 684. The molecule has 3 atom stereocenters. The molecule has 1 aliphatic heterocycles. The number of benzene rings is 1. The normalized spacial score (nSPS) is 25.9. The Hall–Kier alpha value is -2.13. The maximum absolute atomic E-state index is 14.0. The Balaban J connectivity index is 2.04. The largest absolute Gasteiger partial charge is 0.453 e. The second kappa shape index (κ2) is 8.05. The number of carbonyl (C=O) groups is 1. The van der Waals surface area contributed by atoms with Crippen LogP contribution < -0.4 is 10.6 Å². The van der Waals surface area contributed by atoms with Gasteiger partial charge in [0.25, 0.3) is 0 Å². The van der Waals surface area contributed by atoms with Crippen molar-refractivity contribution < 1.29 is 13.9 Å². The Morgan fingerprint density at radius 3 is 2.77 bits per heavy atom. The molecule has 1 amide bonds. The maximum Gasteiger partial charge on any atom is 0.407 e. The molecule has 2 aliphatic rings. The van der Waals surface area contributed by atoms with Crippen molar-refractivity contribution in [3.63, 3.8) is 0 Å². The van der Waals surface area contributed by atoms with Gasteiger partial charge in [0.15, 0.2) is 0 Å². The summed E-state index contributed by atoms with van der Waals surface area (Å²) in [6.07, 6.45) is 3.84. The van der Waals surface area contributed by atoms with Crippen LogP contribution in [0.2, 0.25) is 0 Å². The summed E-state index contributed by atoms with van der Waals surface area (Å²) in [6.45, 7) is 1.70. The van der Waals surface area contributed by atoms with E-state index in [1.165, 1.54) is 19.2 Å². The lowest BCUT2D eigenvalue weighted by Gasteiger charge is -2.44. The predicted molar refractivity (Wildman–Crippen MR) is 96.0 cm³/mol. The van der Waals surface area contributed by atoms with E-state index in [-0.39, 0.29) is 23.7 Å². The van der Waals surface area contributed by atoms with Crippen molar-refractivity contribution in [3.05, 3.63) is 35.6 Å². The third-order valence-electron chi connectivity index (χ3n) is 6.06. The molecule has 0 spiro atoms. The number of ether oxygens (including phenoxy) is 1. The van der Waals surface area contributed by atoms with Crippen molar-refractivity contribution in [2.75, 3.05) is 20.2 Å². The van der Waals surface area contributed by atoms with Crippen LogP contribution in [0.25, 0.3) is 0 Å². The lowest BCUT2D eigenvalue weighted by molar-refractivity contribution is 0.142. The van der Waals surface area contributed by atoms with Crippen LogP contribution in [0.15, 0.2) is 24.3 Å². The van der Waals surface area contributed by atoms with E-state index >= 15 is 0 Å². The van der Waals surface area contributed by atoms with Crippen molar-refractivity contribution in [2.24, 2.45) is 11.8 Å². The van der Waals surface area contributed by atoms with Crippen molar-refractivity contribution in [3.8, 4) is 6.07 Å². The molecule has 1 aromatic rings. The summed E-state index contributed by atoms with van der Waals surface area (Å²) in [5.41, 5.74) is -0.0812. The van der Waals surface area contributed by atoms with E-state index in [1.54, 1.807) is 6.07 Å². The highest BCUT2D eigenvalue weighted by Gasteiger charge is 2.52. The Morgan fingerprint density at radius 2 is 2.12 bits per heavy atom. The number of nitrogens with one attached hydrogen (secondary N) is 2. The first-order chi connectivity index (χ1) is 12.6. The molecule has 0 aromatic heterocycles. The third kappa shape index (κ3) is 3.41. The topological polar surface area (TPSA) is 74.1 Å². The number of methoxy groups -OCH3 is 1. The molecule has 0 unspecified atom stereocenters. The van der Waals surface area contributed by atoms with Gasteiger partial charge in [-0.15, -0.1) is 0 Å². The maximum atomic E-state index is 14.0.